The summed E-state index contributed by atoms with van der Waals surface area (Å²) in [6.07, 6.45) is 0.584. The van der Waals surface area contributed by atoms with Crippen LogP contribution in [0, 0.1) is 12.7 Å². The molecule has 1 saturated carbocycles. The third-order valence-corrected chi connectivity index (χ3v) is 5.09. The van der Waals surface area contributed by atoms with Gasteiger partial charge in [0, 0.05) is 24.1 Å². The molecule has 7 nitrogen and oxygen atoms in total. The number of aryl methyl sites for hydroxylation is 1. The molecular formula is C21H20ClF4N5O2. The van der Waals surface area contributed by atoms with Gasteiger partial charge in [0.25, 0.3) is 5.91 Å². The Morgan fingerprint density at radius 1 is 1.27 bits per heavy atom. The van der Waals surface area contributed by atoms with Gasteiger partial charge in [0.05, 0.1) is 28.8 Å². The molecule has 0 radical (unpaired) electrons. The van der Waals surface area contributed by atoms with Gasteiger partial charge in [-0.25, -0.2) is 4.39 Å². The number of aromatic nitrogens is 4. The number of nitrogens with zero attached hydrogens (tertiary/aromatic N) is 3. The predicted octanol–water partition coefficient (Wildman–Crippen LogP) is 5.76. The minimum atomic E-state index is -3.96. The molecule has 0 saturated heterocycles. The van der Waals surface area contributed by atoms with Crippen LogP contribution in [0.5, 0.6) is 5.75 Å². The van der Waals surface area contributed by atoms with E-state index in [9.17, 15) is 27.5 Å². The maximum absolute atomic E-state index is 14.6. The Morgan fingerprint density at radius 3 is 2.42 bits per heavy atom. The van der Waals surface area contributed by atoms with E-state index in [4.69, 9.17) is 11.6 Å². The standard InChI is InChI=1S/C18H15ClFN5O2.C3H5F3/c1-8-16(17(19)25-24-8)23-18(27)11-4-12(20)10(5-15(11)26)14-7-21-13(6-22-14)9-2-3-9;1-2-3(4,5)6/h4-7,9,26H,2-3H2,1H3,(H,23,27)(H,24,25);2H2,1H3. The van der Waals surface area contributed by atoms with Crippen molar-refractivity contribution < 1.29 is 27.5 Å². The normalized spacial score (nSPS) is 13.3. The number of halogens is 5. The number of alkyl halides is 3. The average Bonchev–Trinajstić information content (AvgIpc) is 3.57. The van der Waals surface area contributed by atoms with Crippen molar-refractivity contribution in [2.75, 3.05) is 5.32 Å². The second-order valence-electron chi connectivity index (χ2n) is 7.39. The molecule has 0 unspecified atom stereocenters. The number of anilines is 1. The number of rotatable bonds is 4. The first-order valence-corrected chi connectivity index (χ1v) is 10.3. The minimum absolute atomic E-state index is 0.0661. The molecule has 0 aliphatic heterocycles. The molecule has 3 aromatic rings. The first-order chi connectivity index (χ1) is 15.5. The molecule has 1 aliphatic rings. The highest BCUT2D eigenvalue weighted by Crippen LogP contribution is 2.39. The summed E-state index contributed by atoms with van der Waals surface area (Å²) in [5, 5.41) is 19.2. The average molecular weight is 486 g/mol. The molecule has 1 aromatic carbocycles. The number of aromatic hydroxyl groups is 1. The van der Waals surface area contributed by atoms with E-state index in [1.54, 1.807) is 13.1 Å². The smallest absolute Gasteiger partial charge is 0.388 e. The molecule has 0 bridgehead atoms. The quantitative estimate of drug-likeness (QED) is 0.407. The van der Waals surface area contributed by atoms with Crippen LogP contribution in [0.25, 0.3) is 11.3 Å². The van der Waals surface area contributed by atoms with Gasteiger partial charge in [-0.15, -0.1) is 0 Å². The van der Waals surface area contributed by atoms with E-state index in [2.05, 4.69) is 25.5 Å². The SMILES string of the molecule is CCC(F)(F)F.Cc1[nH]nc(Cl)c1NC(=O)c1cc(F)c(-c2cnc(C3CC3)cn2)cc1O. The van der Waals surface area contributed by atoms with Crippen LogP contribution in [-0.2, 0) is 0 Å². The minimum Gasteiger partial charge on any atom is -0.507 e. The number of aromatic amines is 1. The zero-order chi connectivity index (χ0) is 24.3. The van der Waals surface area contributed by atoms with Crippen molar-refractivity contribution in [2.45, 2.75) is 45.2 Å². The Morgan fingerprint density at radius 2 is 1.94 bits per heavy atom. The summed E-state index contributed by atoms with van der Waals surface area (Å²) in [6, 6.07) is 2.12. The summed E-state index contributed by atoms with van der Waals surface area (Å²) in [5.74, 6) is -1.34. The van der Waals surface area contributed by atoms with Gasteiger partial charge in [0.15, 0.2) is 5.15 Å². The van der Waals surface area contributed by atoms with Crippen molar-refractivity contribution in [3.63, 3.8) is 0 Å². The highest BCUT2D eigenvalue weighted by atomic mass is 35.5. The highest BCUT2D eigenvalue weighted by molar-refractivity contribution is 6.33. The monoisotopic (exact) mass is 485 g/mol. The van der Waals surface area contributed by atoms with E-state index in [0.29, 0.717) is 11.6 Å². The van der Waals surface area contributed by atoms with Gasteiger partial charge in [-0.2, -0.15) is 18.3 Å². The van der Waals surface area contributed by atoms with Crippen LogP contribution in [0.1, 0.15) is 53.8 Å². The summed E-state index contributed by atoms with van der Waals surface area (Å²) in [6.45, 7) is 2.75. The fourth-order valence-electron chi connectivity index (χ4n) is 2.73. The van der Waals surface area contributed by atoms with Crippen LogP contribution in [-0.4, -0.2) is 37.4 Å². The Labute approximate surface area is 191 Å². The van der Waals surface area contributed by atoms with Gasteiger partial charge in [-0.1, -0.05) is 18.5 Å². The van der Waals surface area contributed by atoms with Gasteiger partial charge < -0.3 is 10.4 Å². The predicted molar refractivity (Wildman–Crippen MR) is 114 cm³/mol. The second kappa shape index (κ2) is 9.74. The lowest BCUT2D eigenvalue weighted by atomic mass is 10.1. The number of nitrogens with one attached hydrogen (secondary N) is 2. The number of phenols is 1. The summed E-state index contributed by atoms with van der Waals surface area (Å²) in [7, 11) is 0. The van der Waals surface area contributed by atoms with Crippen LogP contribution >= 0.6 is 11.6 Å². The number of hydrogen-bond acceptors (Lipinski definition) is 5. The topological polar surface area (TPSA) is 104 Å². The van der Waals surface area contributed by atoms with Crippen molar-refractivity contribution >= 4 is 23.2 Å². The number of carbonyl (C=O) groups excluding carboxylic acids is 1. The first-order valence-electron chi connectivity index (χ1n) is 9.93. The maximum atomic E-state index is 14.6. The molecular weight excluding hydrogens is 466 g/mol. The zero-order valence-corrected chi connectivity index (χ0v) is 18.4. The molecule has 0 atom stereocenters. The lowest BCUT2D eigenvalue weighted by molar-refractivity contribution is -0.130. The summed E-state index contributed by atoms with van der Waals surface area (Å²) < 4.78 is 46.9. The van der Waals surface area contributed by atoms with E-state index >= 15 is 0 Å². The fourth-order valence-corrected chi connectivity index (χ4v) is 2.96. The molecule has 1 fully saturated rings. The molecule has 4 rings (SSSR count). The van der Waals surface area contributed by atoms with Crippen molar-refractivity contribution in [1.29, 1.82) is 0 Å². The number of amides is 1. The van der Waals surface area contributed by atoms with E-state index < -0.39 is 24.3 Å². The largest absolute Gasteiger partial charge is 0.507 e. The van der Waals surface area contributed by atoms with Crippen molar-refractivity contribution in [3.8, 4) is 17.0 Å². The van der Waals surface area contributed by atoms with Crippen LogP contribution in [0.15, 0.2) is 24.5 Å². The van der Waals surface area contributed by atoms with Gasteiger partial charge >= 0.3 is 6.18 Å². The molecule has 0 spiro atoms. The van der Waals surface area contributed by atoms with E-state index in [-0.39, 0.29) is 33.4 Å². The lowest BCUT2D eigenvalue weighted by Crippen LogP contribution is -2.13. The Kier molecular flexibility index (Phi) is 7.21. The van der Waals surface area contributed by atoms with Crippen LogP contribution in [0.2, 0.25) is 5.15 Å². The van der Waals surface area contributed by atoms with Crippen LogP contribution in [0.4, 0.5) is 23.2 Å². The fraction of sp³-hybridized carbons (Fsp3) is 0.333. The third-order valence-electron chi connectivity index (χ3n) is 4.82. The van der Waals surface area contributed by atoms with Gasteiger partial charge in [0.2, 0.25) is 0 Å². The number of benzene rings is 1. The molecule has 33 heavy (non-hydrogen) atoms. The van der Waals surface area contributed by atoms with Gasteiger partial charge in [-0.05, 0) is 31.9 Å². The van der Waals surface area contributed by atoms with Gasteiger partial charge in [0.1, 0.15) is 17.3 Å². The molecule has 2 aromatic heterocycles. The van der Waals surface area contributed by atoms with Crippen molar-refractivity contribution in [3.05, 3.63) is 52.4 Å². The number of hydrogen-bond donors (Lipinski definition) is 3. The first kappa shape index (κ1) is 24.4. The summed E-state index contributed by atoms with van der Waals surface area (Å²) >= 11 is 5.88. The zero-order valence-electron chi connectivity index (χ0n) is 17.6. The maximum Gasteiger partial charge on any atom is 0.388 e. The summed E-state index contributed by atoms with van der Waals surface area (Å²) in [5.41, 5.74) is 1.81. The molecule has 12 heteroatoms. The number of H-pyrrole nitrogens is 1. The Hall–Kier alpha value is -3.21. The Bertz CT molecular complexity index is 1130. The highest BCUT2D eigenvalue weighted by Gasteiger charge is 2.26. The molecule has 3 N–H and O–H groups in total. The third kappa shape index (κ3) is 6.19. The lowest BCUT2D eigenvalue weighted by Gasteiger charge is -2.10. The van der Waals surface area contributed by atoms with Crippen molar-refractivity contribution in [1.82, 2.24) is 20.2 Å². The molecule has 176 valence electrons. The van der Waals surface area contributed by atoms with Crippen molar-refractivity contribution in [2.24, 2.45) is 0 Å². The summed E-state index contributed by atoms with van der Waals surface area (Å²) in [4.78, 5) is 20.9. The number of phenolic OH excluding ortho intramolecular Hbond substituents is 1. The van der Waals surface area contributed by atoms with E-state index in [1.807, 2.05) is 0 Å². The van der Waals surface area contributed by atoms with Gasteiger partial charge in [-0.3, -0.25) is 19.9 Å². The van der Waals surface area contributed by atoms with E-state index in [0.717, 1.165) is 37.6 Å². The van der Waals surface area contributed by atoms with Crippen LogP contribution < -0.4 is 5.32 Å². The van der Waals surface area contributed by atoms with Crippen LogP contribution in [0.3, 0.4) is 0 Å². The van der Waals surface area contributed by atoms with E-state index in [1.165, 1.54) is 6.20 Å². The number of carbonyl (C=O) groups is 1. The molecule has 2 heterocycles. The Balaban J connectivity index is 0.000000454. The molecule has 1 aliphatic carbocycles. The molecule has 1 amide bonds. The second-order valence-corrected chi connectivity index (χ2v) is 7.75.